The summed E-state index contributed by atoms with van der Waals surface area (Å²) in [6, 6.07) is 1.43. The normalized spacial score (nSPS) is 18.0. The molecule has 0 aliphatic carbocycles. The highest BCUT2D eigenvalue weighted by Crippen LogP contribution is 2.10. The van der Waals surface area contributed by atoms with E-state index in [4.69, 9.17) is 0 Å². The van der Waals surface area contributed by atoms with Crippen LogP contribution in [0.15, 0.2) is 18.5 Å². The van der Waals surface area contributed by atoms with Crippen LogP contribution in [-0.2, 0) is 4.79 Å². The predicted octanol–water partition coefficient (Wildman–Crippen LogP) is 0.0498. The molecule has 1 aromatic rings. The summed E-state index contributed by atoms with van der Waals surface area (Å²) in [5, 5.41) is 12.4. The Kier molecular flexibility index (Phi) is 5.46. The van der Waals surface area contributed by atoms with E-state index in [0.717, 1.165) is 32.1 Å². The van der Waals surface area contributed by atoms with Crippen molar-refractivity contribution < 1.29 is 9.90 Å². The Hall–Kier alpha value is -1.73. The Morgan fingerprint density at radius 2 is 1.90 bits per heavy atom. The lowest BCUT2D eigenvalue weighted by molar-refractivity contribution is -0.140. The van der Waals surface area contributed by atoms with Gasteiger partial charge in [-0.05, 0) is 6.07 Å². The molecule has 7 heteroatoms. The third-order valence-electron chi connectivity index (χ3n) is 3.48. The molecule has 2 rings (SSSR count). The highest BCUT2D eigenvalue weighted by atomic mass is 16.4. The van der Waals surface area contributed by atoms with E-state index >= 15 is 0 Å². The van der Waals surface area contributed by atoms with Gasteiger partial charge < -0.3 is 15.3 Å². The maximum absolute atomic E-state index is 11.3. The minimum absolute atomic E-state index is 0.158. The molecule has 2 heterocycles. The van der Waals surface area contributed by atoms with E-state index in [0.29, 0.717) is 6.54 Å². The van der Waals surface area contributed by atoms with Crippen molar-refractivity contribution in [3.63, 3.8) is 0 Å². The summed E-state index contributed by atoms with van der Waals surface area (Å²) in [5.41, 5.74) is 0. The van der Waals surface area contributed by atoms with Crippen LogP contribution < -0.4 is 10.2 Å². The molecule has 1 aliphatic heterocycles. The minimum Gasteiger partial charge on any atom is -0.480 e. The summed E-state index contributed by atoms with van der Waals surface area (Å²) in [4.78, 5) is 24.1. The average Bonchev–Trinajstić information content (AvgIpc) is 2.48. The largest absolute Gasteiger partial charge is 0.480 e. The molecule has 1 aromatic heterocycles. The Morgan fingerprint density at radius 1 is 1.29 bits per heavy atom. The van der Waals surface area contributed by atoms with Crippen LogP contribution in [0.2, 0.25) is 0 Å². The van der Waals surface area contributed by atoms with E-state index in [2.05, 4.69) is 25.1 Å². The third-order valence-corrected chi connectivity index (χ3v) is 3.48. The van der Waals surface area contributed by atoms with Gasteiger partial charge in [0.2, 0.25) is 5.95 Å². The molecule has 1 atom stereocenters. The molecule has 0 bridgehead atoms. The van der Waals surface area contributed by atoms with Gasteiger partial charge in [-0.3, -0.25) is 9.69 Å². The van der Waals surface area contributed by atoms with Gasteiger partial charge >= 0.3 is 5.97 Å². The van der Waals surface area contributed by atoms with Crippen molar-refractivity contribution in [2.24, 2.45) is 0 Å². The van der Waals surface area contributed by atoms with Crippen LogP contribution in [0.25, 0.3) is 0 Å². The fourth-order valence-electron chi connectivity index (χ4n) is 2.45. The third kappa shape index (κ3) is 4.64. The number of aromatic nitrogens is 2. The van der Waals surface area contributed by atoms with Crippen molar-refractivity contribution in [1.29, 1.82) is 0 Å². The average molecular weight is 293 g/mol. The first-order valence-electron chi connectivity index (χ1n) is 7.29. The second-order valence-electron chi connectivity index (χ2n) is 5.55. The number of nitrogens with one attached hydrogen (secondary N) is 1. The predicted molar refractivity (Wildman–Crippen MR) is 80.4 cm³/mol. The number of carbonyl (C=O) groups is 1. The van der Waals surface area contributed by atoms with Gasteiger partial charge in [-0.2, -0.15) is 0 Å². The molecule has 1 fully saturated rings. The highest BCUT2D eigenvalue weighted by Gasteiger charge is 2.25. The number of carboxylic acids is 1. The Labute approximate surface area is 125 Å². The van der Waals surface area contributed by atoms with E-state index in [1.54, 1.807) is 18.5 Å². The highest BCUT2D eigenvalue weighted by molar-refractivity contribution is 5.73. The van der Waals surface area contributed by atoms with E-state index in [1.165, 1.54) is 0 Å². The second kappa shape index (κ2) is 7.33. The molecule has 21 heavy (non-hydrogen) atoms. The summed E-state index contributed by atoms with van der Waals surface area (Å²) in [5.74, 6) is -0.0511. The molecule has 0 aromatic carbocycles. The Balaban J connectivity index is 1.84. The zero-order valence-corrected chi connectivity index (χ0v) is 12.6. The van der Waals surface area contributed by atoms with Crippen LogP contribution in [0, 0.1) is 0 Å². The monoisotopic (exact) mass is 293 g/mol. The fourth-order valence-corrected chi connectivity index (χ4v) is 2.45. The van der Waals surface area contributed by atoms with E-state index < -0.39 is 12.0 Å². The number of rotatable bonds is 6. The Bertz CT molecular complexity index is 446. The van der Waals surface area contributed by atoms with Gasteiger partial charge in [0.1, 0.15) is 6.04 Å². The number of piperazine rings is 1. The SMILES string of the molecule is CC(C)NC(CN1CCN(c2ncccn2)CC1)C(=O)O. The van der Waals surface area contributed by atoms with Crippen molar-refractivity contribution in [2.75, 3.05) is 37.6 Å². The maximum Gasteiger partial charge on any atom is 0.322 e. The molecule has 0 spiro atoms. The molecular weight excluding hydrogens is 270 g/mol. The lowest BCUT2D eigenvalue weighted by Gasteiger charge is -2.36. The topological polar surface area (TPSA) is 81.6 Å². The van der Waals surface area contributed by atoms with Crippen molar-refractivity contribution in [2.45, 2.75) is 25.9 Å². The first kappa shape index (κ1) is 15.7. The van der Waals surface area contributed by atoms with E-state index in [1.807, 2.05) is 13.8 Å². The molecule has 7 nitrogen and oxygen atoms in total. The van der Waals surface area contributed by atoms with Crippen molar-refractivity contribution in [3.05, 3.63) is 18.5 Å². The van der Waals surface area contributed by atoms with Crippen LogP contribution in [-0.4, -0.2) is 70.8 Å². The quantitative estimate of drug-likeness (QED) is 0.767. The number of hydrogen-bond donors (Lipinski definition) is 2. The van der Waals surface area contributed by atoms with Crippen molar-refractivity contribution >= 4 is 11.9 Å². The molecule has 1 saturated heterocycles. The summed E-state index contributed by atoms with van der Waals surface area (Å²) >= 11 is 0. The van der Waals surface area contributed by atoms with Crippen LogP contribution in [0.1, 0.15) is 13.8 Å². The number of hydrogen-bond acceptors (Lipinski definition) is 6. The fraction of sp³-hybridized carbons (Fsp3) is 0.643. The molecule has 0 radical (unpaired) electrons. The molecular formula is C14H23N5O2. The van der Waals surface area contributed by atoms with E-state index in [9.17, 15) is 9.90 Å². The van der Waals surface area contributed by atoms with Gasteiger partial charge in [0, 0.05) is 51.2 Å². The van der Waals surface area contributed by atoms with Crippen LogP contribution >= 0.6 is 0 Å². The number of aliphatic carboxylic acids is 1. The van der Waals surface area contributed by atoms with E-state index in [-0.39, 0.29) is 6.04 Å². The molecule has 1 unspecified atom stereocenters. The van der Waals surface area contributed by atoms with Gasteiger partial charge in [-0.1, -0.05) is 13.8 Å². The molecule has 116 valence electrons. The van der Waals surface area contributed by atoms with Crippen LogP contribution in [0.5, 0.6) is 0 Å². The molecule has 2 N–H and O–H groups in total. The van der Waals surface area contributed by atoms with Crippen molar-refractivity contribution in [1.82, 2.24) is 20.2 Å². The minimum atomic E-state index is -0.794. The van der Waals surface area contributed by atoms with Crippen molar-refractivity contribution in [3.8, 4) is 0 Å². The zero-order chi connectivity index (χ0) is 15.2. The van der Waals surface area contributed by atoms with Crippen LogP contribution in [0.4, 0.5) is 5.95 Å². The zero-order valence-electron chi connectivity index (χ0n) is 12.6. The first-order chi connectivity index (χ1) is 10.1. The number of anilines is 1. The smallest absolute Gasteiger partial charge is 0.322 e. The number of nitrogens with zero attached hydrogens (tertiary/aromatic N) is 4. The maximum atomic E-state index is 11.3. The van der Waals surface area contributed by atoms with Gasteiger partial charge in [0.15, 0.2) is 0 Å². The number of carboxylic acid groups (broad SMARTS) is 1. The van der Waals surface area contributed by atoms with Gasteiger partial charge in [0.05, 0.1) is 0 Å². The summed E-state index contributed by atoms with van der Waals surface area (Å²) < 4.78 is 0. The summed E-state index contributed by atoms with van der Waals surface area (Å²) in [6.07, 6.45) is 3.48. The van der Waals surface area contributed by atoms with Gasteiger partial charge in [-0.25, -0.2) is 9.97 Å². The second-order valence-corrected chi connectivity index (χ2v) is 5.55. The first-order valence-corrected chi connectivity index (χ1v) is 7.29. The van der Waals surface area contributed by atoms with Gasteiger partial charge in [0.25, 0.3) is 0 Å². The standard InChI is InChI=1S/C14H23N5O2/c1-11(2)17-12(13(20)21)10-18-6-8-19(9-7-18)14-15-4-3-5-16-14/h3-5,11-12,17H,6-10H2,1-2H3,(H,20,21). The lowest BCUT2D eigenvalue weighted by Crippen LogP contribution is -2.54. The van der Waals surface area contributed by atoms with Gasteiger partial charge in [-0.15, -0.1) is 0 Å². The summed E-state index contributed by atoms with van der Waals surface area (Å²) in [7, 11) is 0. The Morgan fingerprint density at radius 3 is 2.43 bits per heavy atom. The van der Waals surface area contributed by atoms with Crippen LogP contribution in [0.3, 0.4) is 0 Å². The molecule has 0 amide bonds. The molecule has 1 aliphatic rings. The lowest BCUT2D eigenvalue weighted by atomic mass is 10.2. The summed E-state index contributed by atoms with van der Waals surface area (Å²) in [6.45, 7) is 7.72. The molecule has 0 saturated carbocycles.